The molecule has 1 atom stereocenters. The number of rotatable bonds is 11. The van der Waals surface area contributed by atoms with Crippen molar-refractivity contribution in [1.29, 1.82) is 0 Å². The lowest BCUT2D eigenvalue weighted by Crippen LogP contribution is -2.29. The highest BCUT2D eigenvalue weighted by Gasteiger charge is 2.28. The Labute approximate surface area is 225 Å². The molecule has 1 fully saturated rings. The van der Waals surface area contributed by atoms with Crippen molar-refractivity contribution in [3.8, 4) is 22.5 Å². The molecule has 0 spiro atoms. The van der Waals surface area contributed by atoms with Gasteiger partial charge in [0.1, 0.15) is 5.82 Å². The van der Waals surface area contributed by atoms with Crippen LogP contribution in [0.4, 0.5) is 0 Å². The Morgan fingerprint density at radius 1 is 0.974 bits per heavy atom. The van der Waals surface area contributed by atoms with E-state index in [1.54, 1.807) is 0 Å². The second-order valence-corrected chi connectivity index (χ2v) is 10.8. The number of nitrogens with two attached hydrogens (primary N) is 1. The number of nitrogens with zero attached hydrogens (tertiary/aromatic N) is 6. The van der Waals surface area contributed by atoms with Gasteiger partial charge in [0, 0.05) is 23.9 Å². The van der Waals surface area contributed by atoms with E-state index in [-0.39, 0.29) is 0 Å². The summed E-state index contributed by atoms with van der Waals surface area (Å²) in [5.74, 6) is 3.78. The van der Waals surface area contributed by atoms with Crippen LogP contribution in [0.1, 0.15) is 88.3 Å². The van der Waals surface area contributed by atoms with Gasteiger partial charge in [-0.2, -0.15) is 5.10 Å². The smallest absolute Gasteiger partial charge is 0.180 e. The molecule has 1 aliphatic rings. The number of H-pyrrole nitrogens is 1. The molecule has 2 heterocycles. The SMILES string of the molecule is CCCCCCc1nc(C(C)C2CCC(N)CC2)n(Cc2ccc(-c3ccccc3-c3nnn[nH]3)cc2)n1. The van der Waals surface area contributed by atoms with Gasteiger partial charge in [-0.1, -0.05) is 81.6 Å². The monoisotopic (exact) mass is 512 g/mol. The summed E-state index contributed by atoms with van der Waals surface area (Å²) < 4.78 is 2.16. The molecule has 4 aromatic rings. The average Bonchev–Trinajstić information content (AvgIpc) is 3.62. The average molecular weight is 513 g/mol. The Bertz CT molecular complexity index is 1270. The molecule has 8 nitrogen and oxygen atoms in total. The van der Waals surface area contributed by atoms with Crippen LogP contribution in [0.25, 0.3) is 22.5 Å². The quantitative estimate of drug-likeness (QED) is 0.241. The second kappa shape index (κ2) is 12.4. The number of unbranched alkanes of at least 4 members (excludes halogenated alkanes) is 3. The van der Waals surface area contributed by atoms with Crippen LogP contribution in [0.15, 0.2) is 48.5 Å². The molecule has 1 saturated carbocycles. The van der Waals surface area contributed by atoms with Gasteiger partial charge in [-0.3, -0.25) is 0 Å². The molecule has 0 saturated heterocycles. The van der Waals surface area contributed by atoms with Gasteiger partial charge in [0.05, 0.1) is 6.54 Å². The van der Waals surface area contributed by atoms with E-state index in [0.29, 0.717) is 23.7 Å². The summed E-state index contributed by atoms with van der Waals surface area (Å²) in [5.41, 5.74) is 10.6. The van der Waals surface area contributed by atoms with Crippen LogP contribution >= 0.6 is 0 Å². The first-order valence-electron chi connectivity index (χ1n) is 14.2. The van der Waals surface area contributed by atoms with Gasteiger partial charge in [-0.15, -0.1) is 5.10 Å². The molecule has 2 aromatic heterocycles. The number of aryl methyl sites for hydroxylation is 1. The fourth-order valence-corrected chi connectivity index (χ4v) is 5.70. The molecule has 1 unspecified atom stereocenters. The van der Waals surface area contributed by atoms with Crippen molar-refractivity contribution in [2.75, 3.05) is 0 Å². The molecular formula is C30H40N8. The van der Waals surface area contributed by atoms with Crippen LogP contribution in [-0.4, -0.2) is 41.4 Å². The molecule has 0 radical (unpaired) electrons. The number of nitrogens with one attached hydrogen (secondary N) is 1. The highest BCUT2D eigenvalue weighted by Crippen LogP contribution is 2.35. The molecule has 0 amide bonds. The maximum absolute atomic E-state index is 6.20. The first kappa shape index (κ1) is 26.2. The van der Waals surface area contributed by atoms with E-state index in [0.717, 1.165) is 60.6 Å². The fraction of sp³-hybridized carbons (Fsp3) is 0.500. The van der Waals surface area contributed by atoms with Gasteiger partial charge < -0.3 is 5.73 Å². The van der Waals surface area contributed by atoms with E-state index in [2.05, 4.69) is 69.5 Å². The highest BCUT2D eigenvalue weighted by molar-refractivity contribution is 5.80. The maximum Gasteiger partial charge on any atom is 0.180 e. The highest BCUT2D eigenvalue weighted by atomic mass is 15.5. The Hall–Kier alpha value is -3.39. The third kappa shape index (κ3) is 6.18. The molecule has 2 aromatic carbocycles. The van der Waals surface area contributed by atoms with E-state index >= 15 is 0 Å². The number of aromatic amines is 1. The molecule has 38 heavy (non-hydrogen) atoms. The predicted octanol–water partition coefficient (Wildman–Crippen LogP) is 5.92. The standard InChI is InChI=1S/C30H40N8/c1-3-4-5-6-11-28-32-30(21(2)23-16-18-25(31)19-17-23)38(35-28)20-22-12-14-24(15-13-22)26-9-7-8-10-27(26)29-33-36-37-34-29/h7-10,12-15,21,23,25H,3-6,11,16-20,31H2,1-2H3,(H,33,34,36,37). The summed E-state index contributed by atoms with van der Waals surface area (Å²) in [6.07, 6.45) is 10.4. The van der Waals surface area contributed by atoms with Crippen LogP contribution in [-0.2, 0) is 13.0 Å². The van der Waals surface area contributed by atoms with Crippen molar-refractivity contribution in [2.24, 2.45) is 11.7 Å². The zero-order valence-electron chi connectivity index (χ0n) is 22.7. The van der Waals surface area contributed by atoms with Crippen molar-refractivity contribution in [2.45, 2.75) is 90.1 Å². The summed E-state index contributed by atoms with van der Waals surface area (Å²) in [5, 5.41) is 19.5. The number of hydrogen-bond donors (Lipinski definition) is 2. The third-order valence-electron chi connectivity index (χ3n) is 8.05. The number of aromatic nitrogens is 7. The van der Waals surface area contributed by atoms with Gasteiger partial charge in [-0.25, -0.2) is 14.8 Å². The van der Waals surface area contributed by atoms with E-state index in [4.69, 9.17) is 15.8 Å². The molecule has 200 valence electrons. The molecule has 3 N–H and O–H groups in total. The Balaban J connectivity index is 1.36. The molecule has 5 rings (SSSR count). The number of benzene rings is 2. The van der Waals surface area contributed by atoms with Gasteiger partial charge >= 0.3 is 0 Å². The van der Waals surface area contributed by atoms with E-state index in [1.165, 1.54) is 37.7 Å². The van der Waals surface area contributed by atoms with Crippen molar-refractivity contribution >= 4 is 0 Å². The van der Waals surface area contributed by atoms with E-state index in [1.807, 2.05) is 18.2 Å². The largest absolute Gasteiger partial charge is 0.328 e. The Kier molecular flexibility index (Phi) is 8.58. The predicted molar refractivity (Wildman–Crippen MR) is 150 cm³/mol. The first-order valence-corrected chi connectivity index (χ1v) is 14.2. The zero-order chi connectivity index (χ0) is 26.3. The molecule has 8 heteroatoms. The van der Waals surface area contributed by atoms with E-state index in [9.17, 15) is 0 Å². The summed E-state index contributed by atoms with van der Waals surface area (Å²) in [6, 6.07) is 17.3. The zero-order valence-corrected chi connectivity index (χ0v) is 22.7. The number of hydrogen-bond acceptors (Lipinski definition) is 6. The van der Waals surface area contributed by atoms with Gasteiger partial charge in [0.25, 0.3) is 0 Å². The second-order valence-electron chi connectivity index (χ2n) is 10.8. The third-order valence-corrected chi connectivity index (χ3v) is 8.05. The van der Waals surface area contributed by atoms with E-state index < -0.39 is 0 Å². The molecule has 0 bridgehead atoms. The van der Waals surface area contributed by atoms with Crippen LogP contribution in [0, 0.1) is 5.92 Å². The van der Waals surface area contributed by atoms with Gasteiger partial charge in [0.15, 0.2) is 11.6 Å². The fourth-order valence-electron chi connectivity index (χ4n) is 5.70. The summed E-state index contributed by atoms with van der Waals surface area (Å²) in [6.45, 7) is 5.31. The van der Waals surface area contributed by atoms with Crippen molar-refractivity contribution in [1.82, 2.24) is 35.4 Å². The van der Waals surface area contributed by atoms with Crippen LogP contribution in [0.5, 0.6) is 0 Å². The topological polar surface area (TPSA) is 111 Å². The maximum atomic E-state index is 6.20. The van der Waals surface area contributed by atoms with Crippen molar-refractivity contribution in [3.05, 3.63) is 65.7 Å². The van der Waals surface area contributed by atoms with Crippen LogP contribution in [0.3, 0.4) is 0 Å². The summed E-state index contributed by atoms with van der Waals surface area (Å²) >= 11 is 0. The van der Waals surface area contributed by atoms with Gasteiger partial charge in [0.2, 0.25) is 0 Å². The lowest BCUT2D eigenvalue weighted by molar-refractivity contribution is 0.281. The molecular weight excluding hydrogens is 472 g/mol. The number of tetrazole rings is 1. The lowest BCUT2D eigenvalue weighted by atomic mass is 9.79. The first-order chi connectivity index (χ1) is 18.6. The summed E-state index contributed by atoms with van der Waals surface area (Å²) in [7, 11) is 0. The minimum atomic E-state index is 0.356. The van der Waals surface area contributed by atoms with Crippen LogP contribution in [0.2, 0.25) is 0 Å². The van der Waals surface area contributed by atoms with Crippen molar-refractivity contribution in [3.63, 3.8) is 0 Å². The summed E-state index contributed by atoms with van der Waals surface area (Å²) in [4.78, 5) is 5.10. The van der Waals surface area contributed by atoms with Crippen LogP contribution < -0.4 is 5.73 Å². The minimum absolute atomic E-state index is 0.356. The lowest BCUT2D eigenvalue weighted by Gasteiger charge is -2.30. The van der Waals surface area contributed by atoms with Crippen molar-refractivity contribution < 1.29 is 0 Å². The molecule has 1 aliphatic carbocycles. The Morgan fingerprint density at radius 3 is 2.45 bits per heavy atom. The molecule has 0 aliphatic heterocycles. The minimum Gasteiger partial charge on any atom is -0.328 e. The Morgan fingerprint density at radius 2 is 1.74 bits per heavy atom. The normalized spacial score (nSPS) is 18.5. The van der Waals surface area contributed by atoms with Gasteiger partial charge in [-0.05, 0) is 65.1 Å².